The minimum absolute atomic E-state index is 0.0498. The van der Waals surface area contributed by atoms with Crippen LogP contribution in [-0.4, -0.2) is 71.7 Å². The Morgan fingerprint density at radius 2 is 1.92 bits per heavy atom. The fraction of sp³-hybridized carbons (Fsp3) is 0.471. The van der Waals surface area contributed by atoms with Crippen molar-refractivity contribution in [2.75, 3.05) is 33.2 Å². The molecule has 0 spiro atoms. The third kappa shape index (κ3) is 3.31. The SMILES string of the molecule is CN1C(=O)CC(N2CCN(C(=O)Cc3cccc(F)c3)CC2)C1=O. The summed E-state index contributed by atoms with van der Waals surface area (Å²) in [6.45, 7) is 2.14. The quantitative estimate of drug-likeness (QED) is 0.745. The number of halogens is 1. The highest BCUT2D eigenvalue weighted by atomic mass is 19.1. The molecule has 0 saturated carbocycles. The lowest BCUT2D eigenvalue weighted by Crippen LogP contribution is -2.53. The predicted octanol–water partition coefficient (Wildman–Crippen LogP) is 0.270. The van der Waals surface area contributed by atoms with Crippen molar-refractivity contribution in [3.8, 4) is 0 Å². The van der Waals surface area contributed by atoms with Gasteiger partial charge in [0, 0.05) is 33.2 Å². The Morgan fingerprint density at radius 3 is 2.50 bits per heavy atom. The van der Waals surface area contributed by atoms with Crippen molar-refractivity contribution < 1.29 is 18.8 Å². The molecule has 1 unspecified atom stereocenters. The number of hydrogen-bond acceptors (Lipinski definition) is 4. The van der Waals surface area contributed by atoms with E-state index in [0.29, 0.717) is 31.7 Å². The van der Waals surface area contributed by atoms with E-state index in [9.17, 15) is 18.8 Å². The van der Waals surface area contributed by atoms with E-state index in [0.717, 1.165) is 0 Å². The molecule has 1 aromatic rings. The Balaban J connectivity index is 1.54. The lowest BCUT2D eigenvalue weighted by Gasteiger charge is -2.37. The highest BCUT2D eigenvalue weighted by molar-refractivity contribution is 6.05. The van der Waals surface area contributed by atoms with Gasteiger partial charge >= 0.3 is 0 Å². The molecule has 1 atom stereocenters. The Bertz CT molecular complexity index is 671. The summed E-state index contributed by atoms with van der Waals surface area (Å²) in [7, 11) is 1.50. The van der Waals surface area contributed by atoms with Crippen LogP contribution in [0.5, 0.6) is 0 Å². The minimum atomic E-state index is -0.400. The molecule has 0 N–H and O–H groups in total. The number of imide groups is 1. The molecule has 0 radical (unpaired) electrons. The zero-order valence-corrected chi connectivity index (χ0v) is 13.6. The largest absolute Gasteiger partial charge is 0.340 e. The first-order chi connectivity index (χ1) is 11.5. The van der Waals surface area contributed by atoms with Crippen molar-refractivity contribution in [1.82, 2.24) is 14.7 Å². The monoisotopic (exact) mass is 333 g/mol. The van der Waals surface area contributed by atoms with Crippen LogP contribution < -0.4 is 0 Å². The molecule has 2 aliphatic heterocycles. The topological polar surface area (TPSA) is 60.9 Å². The molecule has 0 bridgehead atoms. The van der Waals surface area contributed by atoms with Crippen molar-refractivity contribution in [2.45, 2.75) is 18.9 Å². The highest BCUT2D eigenvalue weighted by Gasteiger charge is 2.40. The van der Waals surface area contributed by atoms with Gasteiger partial charge in [-0.05, 0) is 17.7 Å². The van der Waals surface area contributed by atoms with Crippen molar-refractivity contribution in [3.63, 3.8) is 0 Å². The first-order valence-electron chi connectivity index (χ1n) is 8.02. The molecular formula is C17H20FN3O3. The van der Waals surface area contributed by atoms with Gasteiger partial charge in [0.2, 0.25) is 17.7 Å². The standard InChI is InChI=1S/C17H20FN3O3/c1-19-15(22)11-14(17(19)24)20-5-7-21(8-6-20)16(23)10-12-3-2-4-13(18)9-12/h2-4,9,14H,5-8,10-11H2,1H3. The van der Waals surface area contributed by atoms with Gasteiger partial charge in [-0.15, -0.1) is 0 Å². The number of nitrogens with zero attached hydrogens (tertiary/aromatic N) is 3. The lowest BCUT2D eigenvalue weighted by molar-refractivity contribution is -0.138. The first kappa shape index (κ1) is 16.6. The third-order valence-electron chi connectivity index (χ3n) is 4.71. The first-order valence-corrected chi connectivity index (χ1v) is 8.02. The molecule has 0 aromatic heterocycles. The summed E-state index contributed by atoms with van der Waals surface area (Å²) < 4.78 is 13.2. The van der Waals surface area contributed by atoms with Crippen molar-refractivity contribution in [1.29, 1.82) is 0 Å². The number of carbonyl (C=O) groups excluding carboxylic acids is 3. The van der Waals surface area contributed by atoms with Gasteiger partial charge in [0.05, 0.1) is 18.9 Å². The maximum Gasteiger partial charge on any atom is 0.246 e. The highest BCUT2D eigenvalue weighted by Crippen LogP contribution is 2.19. The van der Waals surface area contributed by atoms with E-state index in [1.165, 1.54) is 24.1 Å². The second-order valence-electron chi connectivity index (χ2n) is 6.23. The number of amides is 3. The van der Waals surface area contributed by atoms with E-state index in [2.05, 4.69) is 0 Å². The van der Waals surface area contributed by atoms with Crippen molar-refractivity contribution >= 4 is 17.7 Å². The van der Waals surface area contributed by atoms with E-state index in [-0.39, 0.29) is 36.4 Å². The van der Waals surface area contributed by atoms with Gasteiger partial charge in [0.1, 0.15) is 5.82 Å². The molecule has 0 aliphatic carbocycles. The van der Waals surface area contributed by atoms with E-state index in [1.807, 2.05) is 4.90 Å². The molecule has 24 heavy (non-hydrogen) atoms. The van der Waals surface area contributed by atoms with Gasteiger partial charge in [-0.1, -0.05) is 12.1 Å². The summed E-state index contributed by atoms with van der Waals surface area (Å²) in [4.78, 5) is 40.9. The van der Waals surface area contributed by atoms with Crippen LogP contribution in [-0.2, 0) is 20.8 Å². The maximum atomic E-state index is 13.2. The predicted molar refractivity (Wildman–Crippen MR) is 84.4 cm³/mol. The van der Waals surface area contributed by atoms with Crippen LogP contribution in [0.4, 0.5) is 4.39 Å². The van der Waals surface area contributed by atoms with Gasteiger partial charge in [-0.3, -0.25) is 24.2 Å². The summed E-state index contributed by atoms with van der Waals surface area (Å²) in [6.07, 6.45) is 0.383. The molecule has 3 rings (SSSR count). The van der Waals surface area contributed by atoms with Crippen LogP contribution in [0.2, 0.25) is 0 Å². The average Bonchev–Trinajstić information content (AvgIpc) is 2.82. The van der Waals surface area contributed by atoms with Crippen LogP contribution in [0, 0.1) is 5.82 Å². The molecule has 128 valence electrons. The molecule has 1 aromatic carbocycles. The van der Waals surface area contributed by atoms with Gasteiger partial charge < -0.3 is 4.90 Å². The van der Waals surface area contributed by atoms with Crippen LogP contribution >= 0.6 is 0 Å². The Kier molecular flexibility index (Phi) is 4.62. The van der Waals surface area contributed by atoms with Gasteiger partial charge in [-0.2, -0.15) is 0 Å². The van der Waals surface area contributed by atoms with Gasteiger partial charge in [0.25, 0.3) is 0 Å². The number of hydrogen-bond donors (Lipinski definition) is 0. The molecule has 3 amide bonds. The van der Waals surface area contributed by atoms with E-state index in [4.69, 9.17) is 0 Å². The van der Waals surface area contributed by atoms with Gasteiger partial charge in [-0.25, -0.2) is 4.39 Å². The lowest BCUT2D eigenvalue weighted by atomic mass is 10.1. The second kappa shape index (κ2) is 6.68. The number of likely N-dealkylation sites (tertiary alicyclic amines) is 1. The number of carbonyl (C=O) groups is 3. The normalized spacial score (nSPS) is 22.3. The van der Waals surface area contributed by atoms with Crippen LogP contribution in [0.1, 0.15) is 12.0 Å². The summed E-state index contributed by atoms with van der Waals surface area (Å²) in [5.74, 6) is -0.723. The van der Waals surface area contributed by atoms with Crippen LogP contribution in [0.3, 0.4) is 0 Å². The molecule has 2 saturated heterocycles. The Hall–Kier alpha value is -2.28. The molecule has 7 heteroatoms. The summed E-state index contributed by atoms with van der Waals surface area (Å²) >= 11 is 0. The zero-order chi connectivity index (χ0) is 17.3. The van der Waals surface area contributed by atoms with Crippen LogP contribution in [0.25, 0.3) is 0 Å². The van der Waals surface area contributed by atoms with Gasteiger partial charge in [0.15, 0.2) is 0 Å². The molecule has 6 nitrogen and oxygen atoms in total. The summed E-state index contributed by atoms with van der Waals surface area (Å²) in [5.41, 5.74) is 0.653. The number of piperazine rings is 1. The van der Waals surface area contributed by atoms with Crippen molar-refractivity contribution in [2.24, 2.45) is 0 Å². The van der Waals surface area contributed by atoms with Crippen LogP contribution in [0.15, 0.2) is 24.3 Å². The Morgan fingerprint density at radius 1 is 1.21 bits per heavy atom. The fourth-order valence-electron chi connectivity index (χ4n) is 3.24. The molecule has 2 fully saturated rings. The maximum absolute atomic E-state index is 13.2. The van der Waals surface area contributed by atoms with E-state index in [1.54, 1.807) is 17.0 Å². The average molecular weight is 333 g/mol. The zero-order valence-electron chi connectivity index (χ0n) is 13.6. The minimum Gasteiger partial charge on any atom is -0.340 e. The fourth-order valence-corrected chi connectivity index (χ4v) is 3.24. The summed E-state index contributed by atoms with van der Waals surface area (Å²) in [6, 6.07) is 5.64. The third-order valence-corrected chi connectivity index (χ3v) is 4.71. The molecule has 2 aliphatic rings. The number of likely N-dealkylation sites (N-methyl/N-ethyl adjacent to an activating group) is 1. The van der Waals surface area contributed by atoms with E-state index < -0.39 is 6.04 Å². The Labute approximate surface area is 139 Å². The van der Waals surface area contributed by atoms with E-state index >= 15 is 0 Å². The number of benzene rings is 1. The molecular weight excluding hydrogens is 313 g/mol. The second-order valence-corrected chi connectivity index (χ2v) is 6.23. The number of rotatable bonds is 3. The smallest absolute Gasteiger partial charge is 0.246 e. The summed E-state index contributed by atoms with van der Waals surface area (Å²) in [5, 5.41) is 0. The molecule has 2 heterocycles. The van der Waals surface area contributed by atoms with Crippen molar-refractivity contribution in [3.05, 3.63) is 35.6 Å².